The van der Waals surface area contributed by atoms with Gasteiger partial charge in [0.25, 0.3) is 5.89 Å². The van der Waals surface area contributed by atoms with Gasteiger partial charge in [0, 0.05) is 18.4 Å². The van der Waals surface area contributed by atoms with Gasteiger partial charge in [0.1, 0.15) is 0 Å². The lowest BCUT2D eigenvalue weighted by Gasteiger charge is -2.21. The van der Waals surface area contributed by atoms with Crippen molar-refractivity contribution in [2.45, 2.75) is 38.1 Å². The lowest BCUT2D eigenvalue weighted by atomic mass is 9.96. The molecule has 1 saturated carbocycles. The zero-order valence-electron chi connectivity index (χ0n) is 10.2. The lowest BCUT2D eigenvalue weighted by Crippen LogP contribution is -2.22. The first kappa shape index (κ1) is 11.2. The predicted molar refractivity (Wildman–Crippen MR) is 68.0 cm³/mol. The van der Waals surface area contributed by atoms with Crippen molar-refractivity contribution in [2.75, 3.05) is 5.32 Å². The number of nitrogens with one attached hydrogen (secondary N) is 1. The molecule has 0 bridgehead atoms. The summed E-state index contributed by atoms with van der Waals surface area (Å²) < 4.78 is 5.60. The molecular formula is C13H16N4O. The van der Waals surface area contributed by atoms with Crippen molar-refractivity contribution < 1.29 is 4.42 Å². The van der Waals surface area contributed by atoms with E-state index in [-0.39, 0.29) is 0 Å². The fourth-order valence-corrected chi connectivity index (χ4v) is 2.31. The largest absolute Gasteiger partial charge is 0.403 e. The second kappa shape index (κ2) is 5.16. The molecule has 2 heterocycles. The Morgan fingerprint density at radius 2 is 2.06 bits per heavy atom. The highest BCUT2D eigenvalue weighted by Crippen LogP contribution is 2.23. The molecule has 1 aliphatic carbocycles. The van der Waals surface area contributed by atoms with E-state index >= 15 is 0 Å². The van der Waals surface area contributed by atoms with Crippen molar-refractivity contribution in [3.05, 3.63) is 24.5 Å². The van der Waals surface area contributed by atoms with Crippen molar-refractivity contribution in [1.82, 2.24) is 15.2 Å². The summed E-state index contributed by atoms with van der Waals surface area (Å²) in [5.41, 5.74) is 0.849. The Labute approximate surface area is 106 Å². The maximum absolute atomic E-state index is 5.60. The highest BCUT2D eigenvalue weighted by Gasteiger charge is 2.16. The molecule has 18 heavy (non-hydrogen) atoms. The fourth-order valence-electron chi connectivity index (χ4n) is 2.31. The summed E-state index contributed by atoms with van der Waals surface area (Å²) in [6.07, 6.45) is 9.71. The monoisotopic (exact) mass is 244 g/mol. The maximum atomic E-state index is 5.60. The molecule has 1 aliphatic rings. The molecule has 94 valence electrons. The average Bonchev–Trinajstić information content (AvgIpc) is 2.89. The minimum atomic E-state index is 0.473. The van der Waals surface area contributed by atoms with Crippen LogP contribution in [0.3, 0.4) is 0 Å². The number of nitrogens with zero attached hydrogens (tertiary/aromatic N) is 3. The van der Waals surface area contributed by atoms with Crippen LogP contribution in [-0.2, 0) is 0 Å². The summed E-state index contributed by atoms with van der Waals surface area (Å²) >= 11 is 0. The SMILES string of the molecule is c1cncc(-c2nnc(NC3CCCCC3)o2)c1. The first-order valence-corrected chi connectivity index (χ1v) is 6.42. The molecule has 0 saturated heterocycles. The van der Waals surface area contributed by atoms with Gasteiger partial charge in [0.2, 0.25) is 0 Å². The summed E-state index contributed by atoms with van der Waals surface area (Å²) in [5, 5.41) is 11.4. The Morgan fingerprint density at radius 3 is 2.83 bits per heavy atom. The Kier molecular flexibility index (Phi) is 3.21. The first-order chi connectivity index (χ1) is 8.92. The summed E-state index contributed by atoms with van der Waals surface area (Å²) in [5.74, 6) is 0.515. The van der Waals surface area contributed by atoms with Crippen LogP contribution in [0.2, 0.25) is 0 Å². The third kappa shape index (κ3) is 2.50. The Bertz CT molecular complexity index is 491. The van der Waals surface area contributed by atoms with Crippen LogP contribution in [0.15, 0.2) is 28.9 Å². The van der Waals surface area contributed by atoms with Gasteiger partial charge in [-0.1, -0.05) is 24.4 Å². The van der Waals surface area contributed by atoms with E-state index in [1.54, 1.807) is 12.4 Å². The van der Waals surface area contributed by atoms with Crippen molar-refractivity contribution in [2.24, 2.45) is 0 Å². The van der Waals surface area contributed by atoms with E-state index in [4.69, 9.17) is 4.42 Å². The van der Waals surface area contributed by atoms with Gasteiger partial charge in [0.15, 0.2) is 0 Å². The van der Waals surface area contributed by atoms with Crippen LogP contribution in [0.4, 0.5) is 6.01 Å². The van der Waals surface area contributed by atoms with Crippen LogP contribution in [0.5, 0.6) is 0 Å². The molecule has 0 aromatic carbocycles. The Balaban J connectivity index is 1.69. The molecule has 0 atom stereocenters. The average molecular weight is 244 g/mol. The first-order valence-electron chi connectivity index (χ1n) is 6.42. The van der Waals surface area contributed by atoms with Crippen LogP contribution in [-0.4, -0.2) is 21.2 Å². The van der Waals surface area contributed by atoms with E-state index in [1.165, 1.54) is 32.1 Å². The Morgan fingerprint density at radius 1 is 1.17 bits per heavy atom. The quantitative estimate of drug-likeness (QED) is 0.899. The molecule has 0 spiro atoms. The van der Waals surface area contributed by atoms with Crippen molar-refractivity contribution >= 4 is 6.01 Å². The van der Waals surface area contributed by atoms with Crippen LogP contribution >= 0.6 is 0 Å². The lowest BCUT2D eigenvalue weighted by molar-refractivity contribution is 0.449. The standard InChI is InChI=1S/C13H16N4O/c1-2-6-11(7-3-1)15-13-17-16-12(18-13)10-5-4-8-14-9-10/h4-5,8-9,11H,1-3,6-7H2,(H,15,17). The van der Waals surface area contributed by atoms with Gasteiger partial charge in [-0.15, -0.1) is 5.10 Å². The van der Waals surface area contributed by atoms with Crippen molar-refractivity contribution in [1.29, 1.82) is 0 Å². The highest BCUT2D eigenvalue weighted by molar-refractivity contribution is 5.51. The van der Waals surface area contributed by atoms with Gasteiger partial charge in [-0.3, -0.25) is 4.98 Å². The van der Waals surface area contributed by atoms with Crippen LogP contribution in [0.1, 0.15) is 32.1 Å². The molecule has 0 aliphatic heterocycles. The summed E-state index contributed by atoms with van der Waals surface area (Å²) in [6.45, 7) is 0. The van der Waals surface area contributed by atoms with Crippen molar-refractivity contribution in [3.63, 3.8) is 0 Å². The van der Waals surface area contributed by atoms with E-state index in [9.17, 15) is 0 Å². The zero-order valence-corrected chi connectivity index (χ0v) is 10.2. The van der Waals surface area contributed by atoms with Gasteiger partial charge in [-0.05, 0) is 25.0 Å². The molecule has 5 nitrogen and oxygen atoms in total. The molecule has 0 unspecified atom stereocenters. The zero-order chi connectivity index (χ0) is 12.2. The number of rotatable bonds is 3. The van der Waals surface area contributed by atoms with Crippen LogP contribution in [0.25, 0.3) is 11.5 Å². The number of hydrogen-bond acceptors (Lipinski definition) is 5. The Hall–Kier alpha value is -1.91. The smallest absolute Gasteiger partial charge is 0.315 e. The van der Waals surface area contributed by atoms with E-state index in [0.29, 0.717) is 17.9 Å². The number of pyridine rings is 1. The minimum absolute atomic E-state index is 0.473. The van der Waals surface area contributed by atoms with E-state index < -0.39 is 0 Å². The van der Waals surface area contributed by atoms with E-state index in [2.05, 4.69) is 20.5 Å². The normalized spacial score (nSPS) is 16.7. The van der Waals surface area contributed by atoms with Crippen molar-refractivity contribution in [3.8, 4) is 11.5 Å². The molecular weight excluding hydrogens is 228 g/mol. The topological polar surface area (TPSA) is 63.8 Å². The number of hydrogen-bond donors (Lipinski definition) is 1. The molecule has 3 rings (SSSR count). The fraction of sp³-hybridized carbons (Fsp3) is 0.462. The van der Waals surface area contributed by atoms with Gasteiger partial charge < -0.3 is 9.73 Å². The van der Waals surface area contributed by atoms with E-state index in [1.807, 2.05) is 12.1 Å². The van der Waals surface area contributed by atoms with Crippen LogP contribution < -0.4 is 5.32 Å². The molecule has 2 aromatic rings. The van der Waals surface area contributed by atoms with Gasteiger partial charge in [0.05, 0.1) is 5.56 Å². The van der Waals surface area contributed by atoms with Gasteiger partial charge in [-0.2, -0.15) is 0 Å². The third-order valence-corrected chi connectivity index (χ3v) is 3.27. The maximum Gasteiger partial charge on any atom is 0.315 e. The summed E-state index contributed by atoms with van der Waals surface area (Å²) in [4.78, 5) is 4.04. The third-order valence-electron chi connectivity index (χ3n) is 3.27. The van der Waals surface area contributed by atoms with Gasteiger partial charge >= 0.3 is 6.01 Å². The van der Waals surface area contributed by atoms with Crippen LogP contribution in [0, 0.1) is 0 Å². The molecule has 1 fully saturated rings. The number of anilines is 1. The molecule has 0 radical (unpaired) electrons. The molecule has 1 N–H and O–H groups in total. The minimum Gasteiger partial charge on any atom is -0.403 e. The summed E-state index contributed by atoms with van der Waals surface area (Å²) in [6, 6.07) is 4.75. The van der Waals surface area contributed by atoms with Gasteiger partial charge in [-0.25, -0.2) is 0 Å². The molecule has 5 heteroatoms. The van der Waals surface area contributed by atoms with E-state index in [0.717, 1.165) is 5.56 Å². The summed E-state index contributed by atoms with van der Waals surface area (Å²) in [7, 11) is 0. The second-order valence-corrected chi connectivity index (χ2v) is 4.63. The number of aromatic nitrogens is 3. The second-order valence-electron chi connectivity index (χ2n) is 4.63. The predicted octanol–water partition coefficient (Wildman–Crippen LogP) is 2.88. The highest BCUT2D eigenvalue weighted by atomic mass is 16.4. The molecule has 0 amide bonds. The molecule has 2 aromatic heterocycles.